The summed E-state index contributed by atoms with van der Waals surface area (Å²) in [6, 6.07) is 0. The third-order valence-corrected chi connectivity index (χ3v) is 2.38. The minimum absolute atomic E-state index is 0.944. The van der Waals surface area contributed by atoms with Crippen molar-refractivity contribution < 1.29 is 0 Å². The van der Waals surface area contributed by atoms with Gasteiger partial charge in [0, 0.05) is 0 Å². The number of hydrogen-bond donors (Lipinski definition) is 0. The zero-order chi connectivity index (χ0) is 7.40. The van der Waals surface area contributed by atoms with Crippen molar-refractivity contribution in [2.75, 3.05) is 0 Å². The van der Waals surface area contributed by atoms with Gasteiger partial charge in [-0.2, -0.15) is 0 Å². The predicted octanol–water partition coefficient (Wildman–Crippen LogP) is 3.53. The second-order valence-electron chi connectivity index (χ2n) is 3.47. The van der Waals surface area contributed by atoms with Crippen LogP contribution in [0.1, 0.15) is 46.0 Å². The van der Waals surface area contributed by atoms with E-state index in [0.717, 1.165) is 5.92 Å². The van der Waals surface area contributed by atoms with E-state index in [1.807, 2.05) is 0 Å². The Labute approximate surface area is 64.3 Å². The van der Waals surface area contributed by atoms with Gasteiger partial charge in [0.2, 0.25) is 0 Å². The normalized spacial score (nSPS) is 18.4. The summed E-state index contributed by atoms with van der Waals surface area (Å²) in [7, 11) is 0. The lowest BCUT2D eigenvalue weighted by Crippen LogP contribution is -1.90. The summed E-state index contributed by atoms with van der Waals surface area (Å²) in [6.07, 6.45) is 9.23. The van der Waals surface area contributed by atoms with Crippen LogP contribution >= 0.6 is 0 Å². The quantitative estimate of drug-likeness (QED) is 0.510. The van der Waals surface area contributed by atoms with Gasteiger partial charge in [0.05, 0.1) is 0 Å². The average Bonchev–Trinajstić information content (AvgIpc) is 2.71. The van der Waals surface area contributed by atoms with Crippen LogP contribution in [0.3, 0.4) is 0 Å². The van der Waals surface area contributed by atoms with E-state index in [1.54, 1.807) is 5.57 Å². The van der Waals surface area contributed by atoms with E-state index in [4.69, 9.17) is 0 Å². The molecule has 1 unspecified atom stereocenters. The van der Waals surface area contributed by atoms with Crippen LogP contribution in [0.5, 0.6) is 0 Å². The summed E-state index contributed by atoms with van der Waals surface area (Å²) in [5.41, 5.74) is 1.70. The highest BCUT2D eigenvalue weighted by Crippen LogP contribution is 2.25. The third-order valence-electron chi connectivity index (χ3n) is 2.38. The first kappa shape index (κ1) is 7.84. The van der Waals surface area contributed by atoms with Gasteiger partial charge in [0.25, 0.3) is 0 Å². The molecule has 0 aromatic carbocycles. The maximum Gasteiger partial charge on any atom is -0.0136 e. The smallest absolute Gasteiger partial charge is 0.0136 e. The molecule has 0 fully saturated rings. The molecule has 0 amide bonds. The van der Waals surface area contributed by atoms with Crippen molar-refractivity contribution in [3.8, 4) is 0 Å². The van der Waals surface area contributed by atoms with Crippen LogP contribution in [0, 0.1) is 5.92 Å². The van der Waals surface area contributed by atoms with Crippen molar-refractivity contribution in [2.24, 2.45) is 5.92 Å². The van der Waals surface area contributed by atoms with Crippen LogP contribution < -0.4 is 0 Å². The molecular weight excluding hydrogens is 120 g/mol. The molecule has 0 heteroatoms. The molecule has 0 aliphatic heterocycles. The Morgan fingerprint density at radius 3 is 2.80 bits per heavy atom. The van der Waals surface area contributed by atoms with Gasteiger partial charge in [0.15, 0.2) is 0 Å². The second kappa shape index (κ2) is 3.80. The highest BCUT2D eigenvalue weighted by atomic mass is 14.1. The summed E-state index contributed by atoms with van der Waals surface area (Å²) in [5, 5.41) is 0. The lowest BCUT2D eigenvalue weighted by molar-refractivity contribution is 0.496. The fraction of sp³-hybridized carbons (Fsp3) is 0.800. The zero-order valence-electron chi connectivity index (χ0n) is 7.19. The van der Waals surface area contributed by atoms with Crippen molar-refractivity contribution in [3.63, 3.8) is 0 Å². The summed E-state index contributed by atoms with van der Waals surface area (Å²) in [6.45, 7) is 4.63. The maximum atomic E-state index is 2.35. The highest BCUT2D eigenvalue weighted by molar-refractivity contribution is 5.21. The van der Waals surface area contributed by atoms with Gasteiger partial charge in [-0.1, -0.05) is 38.3 Å². The molecule has 0 N–H and O–H groups in total. The Balaban J connectivity index is 1.88. The van der Waals surface area contributed by atoms with Gasteiger partial charge in [-0.15, -0.1) is 0 Å². The van der Waals surface area contributed by atoms with E-state index in [2.05, 4.69) is 19.9 Å². The first-order valence-corrected chi connectivity index (χ1v) is 4.50. The van der Waals surface area contributed by atoms with Crippen molar-refractivity contribution in [2.45, 2.75) is 46.0 Å². The van der Waals surface area contributed by atoms with Gasteiger partial charge < -0.3 is 0 Å². The van der Waals surface area contributed by atoms with E-state index in [1.165, 1.54) is 32.1 Å². The van der Waals surface area contributed by atoms with Gasteiger partial charge in [0.1, 0.15) is 0 Å². The summed E-state index contributed by atoms with van der Waals surface area (Å²) < 4.78 is 0. The number of allylic oxidation sites excluding steroid dienone is 2. The minimum atomic E-state index is 0.944. The van der Waals surface area contributed by atoms with E-state index in [-0.39, 0.29) is 0 Å². The molecule has 0 nitrogen and oxygen atoms in total. The van der Waals surface area contributed by atoms with Crippen molar-refractivity contribution in [3.05, 3.63) is 11.6 Å². The largest absolute Gasteiger partial charge is 0.0810 e. The molecule has 0 spiro atoms. The zero-order valence-corrected chi connectivity index (χ0v) is 7.19. The van der Waals surface area contributed by atoms with Gasteiger partial charge in [-0.3, -0.25) is 0 Å². The molecule has 1 aliphatic carbocycles. The van der Waals surface area contributed by atoms with Gasteiger partial charge in [-0.05, 0) is 25.2 Å². The molecular formula is C10H18. The van der Waals surface area contributed by atoms with E-state index < -0.39 is 0 Å². The SMILES string of the molecule is CCC(C)CCCC1=CC1. The van der Waals surface area contributed by atoms with Crippen LogP contribution in [0.2, 0.25) is 0 Å². The highest BCUT2D eigenvalue weighted by Gasteiger charge is 2.06. The van der Waals surface area contributed by atoms with E-state index in [0.29, 0.717) is 0 Å². The number of hydrogen-bond acceptors (Lipinski definition) is 0. The summed E-state index contributed by atoms with van der Waals surface area (Å²) in [4.78, 5) is 0. The molecule has 58 valence electrons. The Kier molecular flexibility index (Phi) is 2.98. The number of rotatable bonds is 5. The molecule has 0 aromatic rings. The second-order valence-corrected chi connectivity index (χ2v) is 3.47. The standard InChI is InChI=1S/C10H18/c1-3-9(2)5-4-6-10-7-8-10/h7,9H,3-6,8H2,1-2H3. The Morgan fingerprint density at radius 1 is 1.60 bits per heavy atom. The Morgan fingerprint density at radius 2 is 2.30 bits per heavy atom. The van der Waals surface area contributed by atoms with E-state index in [9.17, 15) is 0 Å². The summed E-state index contributed by atoms with van der Waals surface area (Å²) in [5.74, 6) is 0.944. The van der Waals surface area contributed by atoms with Crippen LogP contribution in [0.4, 0.5) is 0 Å². The van der Waals surface area contributed by atoms with Crippen LogP contribution in [0.25, 0.3) is 0 Å². The lowest BCUT2D eigenvalue weighted by Gasteiger charge is -2.05. The molecule has 0 saturated heterocycles. The topological polar surface area (TPSA) is 0 Å². The first-order valence-electron chi connectivity index (χ1n) is 4.50. The molecule has 0 radical (unpaired) electrons. The third kappa shape index (κ3) is 3.05. The molecule has 10 heavy (non-hydrogen) atoms. The monoisotopic (exact) mass is 138 g/mol. The molecule has 1 atom stereocenters. The molecule has 1 aliphatic rings. The lowest BCUT2D eigenvalue weighted by atomic mass is 10.0. The Hall–Kier alpha value is -0.260. The van der Waals surface area contributed by atoms with E-state index >= 15 is 0 Å². The van der Waals surface area contributed by atoms with Crippen molar-refractivity contribution >= 4 is 0 Å². The van der Waals surface area contributed by atoms with Crippen molar-refractivity contribution in [1.29, 1.82) is 0 Å². The first-order chi connectivity index (χ1) is 4.83. The average molecular weight is 138 g/mol. The molecule has 1 rings (SSSR count). The molecule has 0 heterocycles. The fourth-order valence-electron chi connectivity index (χ4n) is 1.16. The maximum absolute atomic E-state index is 2.35. The molecule has 0 aromatic heterocycles. The minimum Gasteiger partial charge on any atom is -0.0810 e. The molecule has 0 bridgehead atoms. The van der Waals surface area contributed by atoms with Crippen molar-refractivity contribution in [1.82, 2.24) is 0 Å². The van der Waals surface area contributed by atoms with Crippen LogP contribution in [-0.2, 0) is 0 Å². The predicted molar refractivity (Wildman–Crippen MR) is 46.0 cm³/mol. The van der Waals surface area contributed by atoms with Gasteiger partial charge >= 0.3 is 0 Å². The molecule has 0 saturated carbocycles. The van der Waals surface area contributed by atoms with Crippen LogP contribution in [-0.4, -0.2) is 0 Å². The fourth-order valence-corrected chi connectivity index (χ4v) is 1.16. The summed E-state index contributed by atoms with van der Waals surface area (Å²) >= 11 is 0. The van der Waals surface area contributed by atoms with Gasteiger partial charge in [-0.25, -0.2) is 0 Å². The Bertz CT molecular complexity index is 122. The van der Waals surface area contributed by atoms with Crippen LogP contribution in [0.15, 0.2) is 11.6 Å².